The molecule has 0 radical (unpaired) electrons. The number of piperidine rings is 1. The molecule has 0 saturated carbocycles. The van der Waals surface area contributed by atoms with Crippen LogP contribution in [0.1, 0.15) is 27.2 Å². The monoisotopic (exact) mass is 281 g/mol. The summed E-state index contributed by atoms with van der Waals surface area (Å²) in [7, 11) is 1.74. The van der Waals surface area contributed by atoms with Crippen molar-refractivity contribution in [3.63, 3.8) is 0 Å². The molecule has 7 nitrogen and oxygen atoms in total. The lowest BCUT2D eigenvalue weighted by Gasteiger charge is -2.36. The first-order chi connectivity index (χ1) is 9.49. The number of nitrogens with zero attached hydrogens (tertiary/aromatic N) is 4. The maximum absolute atomic E-state index is 5.74. The molecular weight excluding hydrogens is 258 g/mol. The molecule has 2 N–H and O–H groups in total. The van der Waals surface area contributed by atoms with Gasteiger partial charge >= 0.3 is 6.01 Å². The van der Waals surface area contributed by atoms with Crippen LogP contribution in [0.15, 0.2) is 0 Å². The maximum atomic E-state index is 5.74. The fraction of sp³-hybridized carbons (Fsp3) is 0.769. The summed E-state index contributed by atoms with van der Waals surface area (Å²) in [6.07, 6.45) is 1.21. The van der Waals surface area contributed by atoms with Crippen LogP contribution in [0.2, 0.25) is 0 Å². The molecule has 1 fully saturated rings. The van der Waals surface area contributed by atoms with Crippen molar-refractivity contribution in [3.8, 4) is 6.01 Å². The molecule has 0 amide bonds. The predicted molar refractivity (Wildman–Crippen MR) is 76.8 cm³/mol. The molecule has 7 heteroatoms. The van der Waals surface area contributed by atoms with E-state index in [0.29, 0.717) is 11.9 Å². The molecule has 2 atom stereocenters. The Hall–Kier alpha value is -1.63. The van der Waals surface area contributed by atoms with E-state index in [1.54, 1.807) is 7.11 Å². The molecule has 112 valence electrons. The van der Waals surface area contributed by atoms with Crippen LogP contribution in [-0.2, 0) is 4.74 Å². The Morgan fingerprint density at radius 3 is 2.70 bits per heavy atom. The molecule has 20 heavy (non-hydrogen) atoms. The number of aromatic nitrogens is 3. The van der Waals surface area contributed by atoms with Crippen molar-refractivity contribution in [3.05, 3.63) is 0 Å². The van der Waals surface area contributed by atoms with Gasteiger partial charge in [0.15, 0.2) is 0 Å². The first kappa shape index (κ1) is 14.8. The largest absolute Gasteiger partial charge is 0.461 e. The summed E-state index contributed by atoms with van der Waals surface area (Å²) in [5.41, 5.74) is 5.74. The zero-order valence-corrected chi connectivity index (χ0v) is 12.5. The van der Waals surface area contributed by atoms with Gasteiger partial charge in [0.25, 0.3) is 0 Å². The summed E-state index contributed by atoms with van der Waals surface area (Å²) in [4.78, 5) is 14.6. The van der Waals surface area contributed by atoms with Crippen LogP contribution in [0.25, 0.3) is 0 Å². The zero-order valence-electron chi connectivity index (χ0n) is 12.5. The normalized spacial score (nSPS) is 23.1. The van der Waals surface area contributed by atoms with Crippen LogP contribution in [0.5, 0.6) is 6.01 Å². The maximum Gasteiger partial charge on any atom is 0.323 e. The van der Waals surface area contributed by atoms with Crippen molar-refractivity contribution in [2.75, 3.05) is 30.8 Å². The van der Waals surface area contributed by atoms with Crippen molar-refractivity contribution >= 4 is 11.9 Å². The molecule has 0 aliphatic carbocycles. The smallest absolute Gasteiger partial charge is 0.323 e. The van der Waals surface area contributed by atoms with E-state index in [1.165, 1.54) is 0 Å². The number of anilines is 2. The molecule has 1 aromatic heterocycles. The number of hydrogen-bond donors (Lipinski definition) is 1. The van der Waals surface area contributed by atoms with E-state index < -0.39 is 0 Å². The van der Waals surface area contributed by atoms with E-state index in [1.807, 2.05) is 13.8 Å². The minimum absolute atomic E-state index is 0.00208. The van der Waals surface area contributed by atoms with Gasteiger partial charge in [0.05, 0.1) is 12.2 Å². The van der Waals surface area contributed by atoms with E-state index in [2.05, 4.69) is 26.8 Å². The average molecular weight is 281 g/mol. The minimum Gasteiger partial charge on any atom is -0.461 e. The molecule has 2 rings (SSSR count). The average Bonchev–Trinajstić information content (AvgIpc) is 2.37. The van der Waals surface area contributed by atoms with Gasteiger partial charge in [-0.05, 0) is 26.2 Å². The highest BCUT2D eigenvalue weighted by Gasteiger charge is 2.28. The first-order valence-corrected chi connectivity index (χ1v) is 6.95. The number of nitrogen functional groups attached to an aromatic ring is 1. The Balaban J connectivity index is 2.17. The number of rotatable bonds is 4. The van der Waals surface area contributed by atoms with Gasteiger partial charge < -0.3 is 20.1 Å². The fourth-order valence-corrected chi connectivity index (χ4v) is 2.29. The van der Waals surface area contributed by atoms with Crippen molar-refractivity contribution in [1.82, 2.24) is 15.0 Å². The summed E-state index contributed by atoms with van der Waals surface area (Å²) < 4.78 is 11.0. The van der Waals surface area contributed by atoms with Crippen molar-refractivity contribution in [2.45, 2.75) is 39.4 Å². The van der Waals surface area contributed by atoms with E-state index in [0.717, 1.165) is 19.5 Å². The fourth-order valence-electron chi connectivity index (χ4n) is 2.29. The second kappa shape index (κ2) is 6.21. The topological polar surface area (TPSA) is 86.4 Å². The highest BCUT2D eigenvalue weighted by atomic mass is 16.5. The van der Waals surface area contributed by atoms with E-state index in [-0.39, 0.29) is 24.2 Å². The van der Waals surface area contributed by atoms with Crippen LogP contribution >= 0.6 is 0 Å². The van der Waals surface area contributed by atoms with E-state index in [4.69, 9.17) is 15.2 Å². The zero-order chi connectivity index (χ0) is 14.7. The summed E-state index contributed by atoms with van der Waals surface area (Å²) in [5.74, 6) is 1.27. The van der Waals surface area contributed by atoms with E-state index in [9.17, 15) is 0 Å². The lowest BCUT2D eigenvalue weighted by Crippen LogP contribution is -2.44. The lowest BCUT2D eigenvalue weighted by atomic mass is 9.96. The molecule has 2 heterocycles. The Bertz CT molecular complexity index is 454. The van der Waals surface area contributed by atoms with Crippen LogP contribution in [0, 0.1) is 5.92 Å². The van der Waals surface area contributed by atoms with Gasteiger partial charge in [0, 0.05) is 20.2 Å². The van der Waals surface area contributed by atoms with Gasteiger partial charge in [0.2, 0.25) is 11.9 Å². The summed E-state index contributed by atoms with van der Waals surface area (Å²) >= 11 is 0. The quantitative estimate of drug-likeness (QED) is 0.884. The first-order valence-electron chi connectivity index (χ1n) is 6.95. The Labute approximate surface area is 119 Å². The van der Waals surface area contributed by atoms with Crippen molar-refractivity contribution < 1.29 is 9.47 Å². The summed E-state index contributed by atoms with van der Waals surface area (Å²) in [6, 6.07) is 0.273. The Morgan fingerprint density at radius 2 is 2.05 bits per heavy atom. The Morgan fingerprint density at radius 1 is 1.30 bits per heavy atom. The number of ether oxygens (including phenoxy) is 2. The molecule has 1 aromatic rings. The molecule has 0 aromatic carbocycles. The molecule has 1 aliphatic rings. The van der Waals surface area contributed by atoms with E-state index >= 15 is 0 Å². The lowest BCUT2D eigenvalue weighted by molar-refractivity contribution is 0.0493. The van der Waals surface area contributed by atoms with Gasteiger partial charge in [-0.2, -0.15) is 15.0 Å². The van der Waals surface area contributed by atoms with Crippen LogP contribution in [-0.4, -0.2) is 47.4 Å². The highest BCUT2D eigenvalue weighted by molar-refractivity contribution is 5.36. The molecular formula is C13H23N5O2. The van der Waals surface area contributed by atoms with Gasteiger partial charge in [-0.25, -0.2) is 0 Å². The Kier molecular flexibility index (Phi) is 4.59. The number of methoxy groups -OCH3 is 1. The summed E-state index contributed by atoms with van der Waals surface area (Å²) in [6.45, 7) is 7.67. The SMILES string of the molecule is COC1CN(c2nc(N)nc(OC(C)C)n2)CCC1C. The number of nitrogens with two attached hydrogens (primary N) is 1. The van der Waals surface area contributed by atoms with Crippen molar-refractivity contribution in [1.29, 1.82) is 0 Å². The third-order valence-corrected chi connectivity index (χ3v) is 3.44. The van der Waals surface area contributed by atoms with Gasteiger partial charge in [-0.15, -0.1) is 0 Å². The predicted octanol–water partition coefficient (Wildman–Crippen LogP) is 1.10. The van der Waals surface area contributed by atoms with Crippen LogP contribution < -0.4 is 15.4 Å². The highest BCUT2D eigenvalue weighted by Crippen LogP contribution is 2.23. The molecule has 2 unspecified atom stereocenters. The molecule has 0 spiro atoms. The van der Waals surface area contributed by atoms with Gasteiger partial charge in [-0.3, -0.25) is 0 Å². The summed E-state index contributed by atoms with van der Waals surface area (Å²) in [5, 5.41) is 0. The minimum atomic E-state index is -0.00208. The van der Waals surface area contributed by atoms with Crippen LogP contribution in [0.4, 0.5) is 11.9 Å². The molecule has 0 bridgehead atoms. The second-order valence-electron chi connectivity index (χ2n) is 5.43. The van der Waals surface area contributed by atoms with Gasteiger partial charge in [-0.1, -0.05) is 6.92 Å². The second-order valence-corrected chi connectivity index (χ2v) is 5.43. The standard InChI is InChI=1S/C13H23N5O2/c1-8(2)20-13-16-11(14)15-12(17-13)18-6-5-9(3)10(7-18)19-4/h8-10H,5-7H2,1-4H3,(H2,14,15,16,17). The van der Waals surface area contributed by atoms with Gasteiger partial charge in [0.1, 0.15) is 0 Å². The third kappa shape index (κ3) is 3.47. The van der Waals surface area contributed by atoms with Crippen LogP contribution in [0.3, 0.4) is 0 Å². The molecule has 1 aliphatic heterocycles. The van der Waals surface area contributed by atoms with Crippen molar-refractivity contribution in [2.24, 2.45) is 5.92 Å². The number of hydrogen-bond acceptors (Lipinski definition) is 7. The third-order valence-electron chi connectivity index (χ3n) is 3.44. The molecule has 1 saturated heterocycles.